The summed E-state index contributed by atoms with van der Waals surface area (Å²) in [6.45, 7) is 3.83. The zero-order chi connectivity index (χ0) is 12.6. The van der Waals surface area contributed by atoms with Gasteiger partial charge in [-0.05, 0) is 43.2 Å². The average molecular weight is 254 g/mol. The zero-order valence-corrected chi connectivity index (χ0v) is 10.3. The van der Waals surface area contributed by atoms with Gasteiger partial charge in [-0.25, -0.2) is 8.78 Å². The van der Waals surface area contributed by atoms with Crippen molar-refractivity contribution in [3.63, 3.8) is 0 Å². The van der Waals surface area contributed by atoms with E-state index in [-0.39, 0.29) is 0 Å². The van der Waals surface area contributed by atoms with Gasteiger partial charge in [0.2, 0.25) is 0 Å². The van der Waals surface area contributed by atoms with Crippen LogP contribution >= 0.6 is 11.3 Å². The topological polar surface area (TPSA) is 20.2 Å². The van der Waals surface area contributed by atoms with Crippen LogP contribution in [0.4, 0.5) is 8.78 Å². The number of aliphatic hydroxyl groups is 1. The number of hydrogen-bond acceptors (Lipinski definition) is 2. The molecule has 0 saturated heterocycles. The molecule has 0 saturated carbocycles. The summed E-state index contributed by atoms with van der Waals surface area (Å²) in [5.41, 5.74) is 1.33. The van der Waals surface area contributed by atoms with Crippen molar-refractivity contribution in [1.82, 2.24) is 0 Å². The average Bonchev–Trinajstić information content (AvgIpc) is 2.61. The molecule has 1 nitrogen and oxygen atoms in total. The van der Waals surface area contributed by atoms with E-state index in [0.29, 0.717) is 5.56 Å². The van der Waals surface area contributed by atoms with Gasteiger partial charge in [0.1, 0.15) is 6.10 Å². The lowest BCUT2D eigenvalue weighted by molar-refractivity contribution is 0.222. The number of benzene rings is 1. The van der Waals surface area contributed by atoms with Crippen molar-refractivity contribution in [3.05, 3.63) is 56.8 Å². The van der Waals surface area contributed by atoms with Crippen molar-refractivity contribution in [2.24, 2.45) is 0 Å². The standard InChI is InChI=1S/C13H12F2OS/c1-7-5-8(2)17-13(7)12(16)9-3-4-10(14)11(15)6-9/h3-6,12,16H,1-2H3. The first-order valence-electron chi connectivity index (χ1n) is 5.19. The smallest absolute Gasteiger partial charge is 0.159 e. The third kappa shape index (κ3) is 2.37. The molecular weight excluding hydrogens is 242 g/mol. The fourth-order valence-electron chi connectivity index (χ4n) is 1.76. The fraction of sp³-hybridized carbons (Fsp3) is 0.231. The Kier molecular flexibility index (Phi) is 3.26. The minimum atomic E-state index is -0.938. The molecule has 0 aliphatic rings. The number of hydrogen-bond donors (Lipinski definition) is 1. The zero-order valence-electron chi connectivity index (χ0n) is 9.50. The molecule has 0 amide bonds. The Hall–Kier alpha value is -1.26. The first kappa shape index (κ1) is 12.2. The lowest BCUT2D eigenvalue weighted by atomic mass is 10.1. The number of aliphatic hydroxyl groups excluding tert-OH is 1. The molecule has 1 N–H and O–H groups in total. The van der Waals surface area contributed by atoms with Crippen molar-refractivity contribution in [1.29, 1.82) is 0 Å². The van der Waals surface area contributed by atoms with Gasteiger partial charge in [-0.15, -0.1) is 11.3 Å². The Morgan fingerprint density at radius 2 is 1.82 bits per heavy atom. The second-order valence-electron chi connectivity index (χ2n) is 3.98. The molecule has 2 aromatic rings. The Morgan fingerprint density at radius 3 is 2.35 bits per heavy atom. The van der Waals surface area contributed by atoms with Gasteiger partial charge in [-0.1, -0.05) is 6.07 Å². The van der Waals surface area contributed by atoms with E-state index in [4.69, 9.17) is 0 Å². The Morgan fingerprint density at radius 1 is 1.12 bits per heavy atom. The van der Waals surface area contributed by atoms with Crippen LogP contribution in [-0.4, -0.2) is 5.11 Å². The molecule has 0 fully saturated rings. The molecule has 1 atom stereocenters. The van der Waals surface area contributed by atoms with E-state index in [1.54, 1.807) is 0 Å². The Labute approximate surface area is 102 Å². The quantitative estimate of drug-likeness (QED) is 0.866. The van der Waals surface area contributed by atoms with Crippen LogP contribution in [0.1, 0.15) is 27.0 Å². The first-order chi connectivity index (χ1) is 7.99. The van der Waals surface area contributed by atoms with Crippen LogP contribution in [0.15, 0.2) is 24.3 Å². The van der Waals surface area contributed by atoms with Crippen LogP contribution in [0.2, 0.25) is 0 Å². The molecule has 4 heteroatoms. The normalized spacial score (nSPS) is 12.8. The molecule has 0 aliphatic carbocycles. The summed E-state index contributed by atoms with van der Waals surface area (Å²) in [7, 11) is 0. The van der Waals surface area contributed by atoms with Crippen LogP contribution in [0.25, 0.3) is 0 Å². The summed E-state index contributed by atoms with van der Waals surface area (Å²) in [4.78, 5) is 1.85. The second kappa shape index (κ2) is 4.55. The highest BCUT2D eigenvalue weighted by molar-refractivity contribution is 7.12. The summed E-state index contributed by atoms with van der Waals surface area (Å²) in [6, 6.07) is 5.43. The highest BCUT2D eigenvalue weighted by Crippen LogP contribution is 2.32. The lowest BCUT2D eigenvalue weighted by Gasteiger charge is -2.10. The first-order valence-corrected chi connectivity index (χ1v) is 6.00. The van der Waals surface area contributed by atoms with Gasteiger partial charge in [0.15, 0.2) is 11.6 Å². The van der Waals surface area contributed by atoms with Gasteiger partial charge in [-0.2, -0.15) is 0 Å². The van der Waals surface area contributed by atoms with Crippen molar-refractivity contribution >= 4 is 11.3 Å². The molecule has 1 unspecified atom stereocenters. The molecule has 0 bridgehead atoms. The molecule has 0 radical (unpaired) electrons. The van der Waals surface area contributed by atoms with Crippen LogP contribution in [0, 0.1) is 25.5 Å². The van der Waals surface area contributed by atoms with Gasteiger partial charge in [0, 0.05) is 9.75 Å². The molecule has 90 valence electrons. The summed E-state index contributed by atoms with van der Waals surface area (Å²) in [5.74, 6) is -1.84. The lowest BCUT2D eigenvalue weighted by Crippen LogP contribution is -2.00. The number of aryl methyl sites for hydroxylation is 2. The third-order valence-electron chi connectivity index (χ3n) is 2.59. The molecule has 1 heterocycles. The molecule has 1 aromatic heterocycles. The van der Waals surface area contributed by atoms with Crippen LogP contribution < -0.4 is 0 Å². The Balaban J connectivity index is 2.40. The molecule has 17 heavy (non-hydrogen) atoms. The van der Waals surface area contributed by atoms with E-state index in [0.717, 1.165) is 27.5 Å². The van der Waals surface area contributed by atoms with E-state index in [1.165, 1.54) is 17.4 Å². The van der Waals surface area contributed by atoms with E-state index in [9.17, 15) is 13.9 Å². The summed E-state index contributed by atoms with van der Waals surface area (Å²) in [5, 5.41) is 10.1. The van der Waals surface area contributed by atoms with Gasteiger partial charge in [0.05, 0.1) is 0 Å². The van der Waals surface area contributed by atoms with E-state index in [2.05, 4.69) is 0 Å². The maximum Gasteiger partial charge on any atom is 0.159 e. The Bertz CT molecular complexity index is 548. The van der Waals surface area contributed by atoms with Gasteiger partial charge in [-0.3, -0.25) is 0 Å². The minimum Gasteiger partial charge on any atom is -0.383 e. The summed E-state index contributed by atoms with van der Waals surface area (Å²) < 4.78 is 25.9. The maximum absolute atomic E-state index is 13.1. The summed E-state index contributed by atoms with van der Waals surface area (Å²) >= 11 is 1.46. The monoisotopic (exact) mass is 254 g/mol. The van der Waals surface area contributed by atoms with Crippen molar-refractivity contribution in [2.75, 3.05) is 0 Å². The van der Waals surface area contributed by atoms with Gasteiger partial charge < -0.3 is 5.11 Å². The molecule has 2 rings (SSSR count). The highest BCUT2D eigenvalue weighted by Gasteiger charge is 2.17. The van der Waals surface area contributed by atoms with E-state index < -0.39 is 17.7 Å². The highest BCUT2D eigenvalue weighted by atomic mass is 32.1. The third-order valence-corrected chi connectivity index (χ3v) is 3.79. The van der Waals surface area contributed by atoms with Gasteiger partial charge in [0.25, 0.3) is 0 Å². The SMILES string of the molecule is Cc1cc(C)c(C(O)c2ccc(F)c(F)c2)s1. The number of rotatable bonds is 2. The predicted octanol–water partition coefficient (Wildman–Crippen LogP) is 3.72. The van der Waals surface area contributed by atoms with Crippen molar-refractivity contribution < 1.29 is 13.9 Å². The molecule has 1 aromatic carbocycles. The predicted molar refractivity (Wildman–Crippen MR) is 64.2 cm³/mol. The van der Waals surface area contributed by atoms with Crippen molar-refractivity contribution in [2.45, 2.75) is 20.0 Å². The largest absolute Gasteiger partial charge is 0.383 e. The summed E-state index contributed by atoms with van der Waals surface area (Å²) in [6.07, 6.45) is -0.899. The van der Waals surface area contributed by atoms with E-state index in [1.807, 2.05) is 19.9 Å². The second-order valence-corrected chi connectivity index (χ2v) is 5.27. The molecule has 0 spiro atoms. The molecule has 0 aliphatic heterocycles. The van der Waals surface area contributed by atoms with Gasteiger partial charge >= 0.3 is 0 Å². The van der Waals surface area contributed by atoms with Crippen LogP contribution in [0.3, 0.4) is 0 Å². The maximum atomic E-state index is 13.1. The number of halogens is 2. The minimum absolute atomic E-state index is 0.369. The fourth-order valence-corrected chi connectivity index (χ4v) is 2.81. The number of thiophene rings is 1. The molecular formula is C13H12F2OS. The van der Waals surface area contributed by atoms with Crippen molar-refractivity contribution in [3.8, 4) is 0 Å². The van der Waals surface area contributed by atoms with E-state index >= 15 is 0 Å². The van der Waals surface area contributed by atoms with Crippen LogP contribution in [-0.2, 0) is 0 Å². The van der Waals surface area contributed by atoms with Crippen LogP contribution in [0.5, 0.6) is 0 Å².